The van der Waals surface area contributed by atoms with Crippen molar-refractivity contribution < 1.29 is 14.0 Å². The first-order valence-electron chi connectivity index (χ1n) is 7.86. The number of carbonyl (C=O) groups excluding carboxylic acids is 2. The van der Waals surface area contributed by atoms with Crippen molar-refractivity contribution >= 4 is 23.6 Å². The average molecular weight is 363 g/mol. The highest BCUT2D eigenvalue weighted by Crippen LogP contribution is 2.21. The molecule has 0 saturated heterocycles. The van der Waals surface area contributed by atoms with Gasteiger partial charge in [-0.15, -0.1) is 5.10 Å². The zero-order valence-electron chi connectivity index (χ0n) is 13.7. The van der Waals surface area contributed by atoms with Crippen LogP contribution in [0.2, 0.25) is 0 Å². The number of carbonyl (C=O) groups is 2. The first-order chi connectivity index (χ1) is 12.0. The van der Waals surface area contributed by atoms with E-state index in [-0.39, 0.29) is 30.2 Å². The van der Waals surface area contributed by atoms with Gasteiger partial charge in [0.2, 0.25) is 17.0 Å². The summed E-state index contributed by atoms with van der Waals surface area (Å²) in [6, 6.07) is 6.52. The molecule has 7 nitrogen and oxygen atoms in total. The van der Waals surface area contributed by atoms with Crippen LogP contribution >= 0.6 is 11.8 Å². The van der Waals surface area contributed by atoms with Crippen molar-refractivity contribution in [2.24, 2.45) is 0 Å². The molecule has 1 fully saturated rings. The quantitative estimate of drug-likeness (QED) is 0.727. The summed E-state index contributed by atoms with van der Waals surface area (Å²) in [6.45, 7) is 0.0321. The maximum Gasteiger partial charge on any atom is 0.239 e. The fourth-order valence-electron chi connectivity index (χ4n) is 2.13. The number of benzene rings is 1. The van der Waals surface area contributed by atoms with Gasteiger partial charge in [-0.3, -0.25) is 14.7 Å². The molecule has 0 unspecified atom stereocenters. The minimum Gasteiger partial charge on any atom is -0.352 e. The van der Waals surface area contributed by atoms with Gasteiger partial charge in [-0.25, -0.2) is 9.37 Å². The Morgan fingerprint density at radius 3 is 2.88 bits per heavy atom. The average Bonchev–Trinajstić information content (AvgIpc) is 3.27. The number of amides is 2. The van der Waals surface area contributed by atoms with Crippen LogP contribution in [0.3, 0.4) is 0 Å². The van der Waals surface area contributed by atoms with Gasteiger partial charge in [0.25, 0.3) is 0 Å². The van der Waals surface area contributed by atoms with Gasteiger partial charge >= 0.3 is 0 Å². The molecule has 2 N–H and O–H groups in total. The summed E-state index contributed by atoms with van der Waals surface area (Å²) in [4.78, 5) is 29.3. The van der Waals surface area contributed by atoms with Crippen LogP contribution in [-0.4, -0.2) is 57.3 Å². The molecule has 0 radical (unpaired) electrons. The van der Waals surface area contributed by atoms with Gasteiger partial charge in [0.15, 0.2) is 5.82 Å². The molecule has 0 aliphatic heterocycles. The minimum absolute atomic E-state index is 0.0321. The molecule has 1 saturated carbocycles. The normalized spacial score (nSPS) is 13.5. The van der Waals surface area contributed by atoms with Gasteiger partial charge in [0, 0.05) is 13.1 Å². The Bertz CT molecular complexity index is 777. The second kappa shape index (κ2) is 7.64. The lowest BCUT2D eigenvalue weighted by Crippen LogP contribution is -2.39. The number of aromatic nitrogens is 3. The van der Waals surface area contributed by atoms with Crippen LogP contribution in [0.4, 0.5) is 4.39 Å². The van der Waals surface area contributed by atoms with Gasteiger partial charge in [0.1, 0.15) is 5.82 Å². The Morgan fingerprint density at radius 1 is 1.40 bits per heavy atom. The molecular weight excluding hydrogens is 345 g/mol. The summed E-state index contributed by atoms with van der Waals surface area (Å²) in [5.74, 6) is -0.337. The Balaban J connectivity index is 1.50. The van der Waals surface area contributed by atoms with Crippen LogP contribution in [-0.2, 0) is 9.59 Å². The second-order valence-electron chi connectivity index (χ2n) is 5.83. The molecule has 3 rings (SSSR count). The number of nitrogens with zero attached hydrogens (tertiary/aromatic N) is 3. The first-order valence-corrected chi connectivity index (χ1v) is 8.85. The molecule has 1 heterocycles. The van der Waals surface area contributed by atoms with Crippen LogP contribution in [0, 0.1) is 5.82 Å². The number of hydrogen-bond donors (Lipinski definition) is 2. The van der Waals surface area contributed by atoms with Crippen LogP contribution in [0.1, 0.15) is 12.8 Å². The van der Waals surface area contributed by atoms with E-state index in [9.17, 15) is 14.0 Å². The fraction of sp³-hybridized carbons (Fsp3) is 0.375. The van der Waals surface area contributed by atoms with E-state index in [4.69, 9.17) is 0 Å². The lowest BCUT2D eigenvalue weighted by Gasteiger charge is -2.16. The number of H-pyrrole nitrogens is 1. The summed E-state index contributed by atoms with van der Waals surface area (Å²) >= 11 is 1.13. The van der Waals surface area contributed by atoms with Crippen LogP contribution in [0.15, 0.2) is 29.4 Å². The van der Waals surface area contributed by atoms with E-state index in [1.54, 1.807) is 25.2 Å². The van der Waals surface area contributed by atoms with Crippen molar-refractivity contribution in [3.63, 3.8) is 0 Å². The van der Waals surface area contributed by atoms with E-state index in [2.05, 4.69) is 20.5 Å². The number of nitrogens with one attached hydrogen (secondary N) is 2. The van der Waals surface area contributed by atoms with Crippen molar-refractivity contribution in [3.8, 4) is 11.4 Å². The minimum atomic E-state index is -0.396. The molecule has 0 bridgehead atoms. The lowest BCUT2D eigenvalue weighted by atomic mass is 10.2. The maximum absolute atomic E-state index is 13.7. The van der Waals surface area contributed by atoms with Gasteiger partial charge < -0.3 is 10.2 Å². The maximum atomic E-state index is 13.7. The fourth-order valence-corrected chi connectivity index (χ4v) is 2.86. The van der Waals surface area contributed by atoms with Crippen molar-refractivity contribution in [1.82, 2.24) is 25.4 Å². The Hall–Kier alpha value is -2.42. The molecule has 25 heavy (non-hydrogen) atoms. The van der Waals surface area contributed by atoms with E-state index in [1.165, 1.54) is 11.0 Å². The molecule has 2 aromatic rings. The summed E-state index contributed by atoms with van der Waals surface area (Å²) < 4.78 is 13.7. The molecule has 2 amide bonds. The van der Waals surface area contributed by atoms with E-state index in [0.29, 0.717) is 16.5 Å². The number of hydrogen-bond acceptors (Lipinski definition) is 5. The monoisotopic (exact) mass is 363 g/mol. The lowest BCUT2D eigenvalue weighted by molar-refractivity contribution is -0.132. The zero-order valence-corrected chi connectivity index (χ0v) is 14.5. The third kappa shape index (κ3) is 4.79. The SMILES string of the molecule is CN(CC(=O)NC1CC1)C(=O)CSc1n[nH]c(-c2ccccc2F)n1. The predicted octanol–water partition coefficient (Wildman–Crippen LogP) is 1.44. The van der Waals surface area contributed by atoms with Gasteiger partial charge in [-0.1, -0.05) is 23.9 Å². The first kappa shape index (κ1) is 17.4. The molecule has 1 aromatic carbocycles. The van der Waals surface area contributed by atoms with Crippen molar-refractivity contribution in [3.05, 3.63) is 30.1 Å². The molecule has 0 atom stereocenters. The third-order valence-electron chi connectivity index (χ3n) is 3.67. The van der Waals surface area contributed by atoms with E-state index in [0.717, 1.165) is 24.6 Å². The Kier molecular flexibility index (Phi) is 5.32. The van der Waals surface area contributed by atoms with Gasteiger partial charge in [-0.2, -0.15) is 0 Å². The number of halogens is 1. The Labute approximate surface area is 148 Å². The smallest absolute Gasteiger partial charge is 0.239 e. The third-order valence-corrected chi connectivity index (χ3v) is 4.50. The molecule has 1 aliphatic rings. The van der Waals surface area contributed by atoms with Gasteiger partial charge in [-0.05, 0) is 25.0 Å². The topological polar surface area (TPSA) is 91.0 Å². The number of aromatic amines is 1. The number of likely N-dealkylation sites (N-methyl/N-ethyl adjacent to an activating group) is 1. The highest BCUT2D eigenvalue weighted by Gasteiger charge is 2.24. The summed E-state index contributed by atoms with van der Waals surface area (Å²) in [6.07, 6.45) is 2.02. The highest BCUT2D eigenvalue weighted by molar-refractivity contribution is 7.99. The van der Waals surface area contributed by atoms with Crippen molar-refractivity contribution in [2.75, 3.05) is 19.3 Å². The van der Waals surface area contributed by atoms with E-state index < -0.39 is 5.82 Å². The molecule has 1 aromatic heterocycles. The van der Waals surface area contributed by atoms with Crippen molar-refractivity contribution in [2.45, 2.75) is 24.0 Å². The molecule has 132 valence electrons. The summed E-state index contributed by atoms with van der Waals surface area (Å²) in [7, 11) is 1.58. The van der Waals surface area contributed by atoms with Crippen LogP contribution < -0.4 is 5.32 Å². The van der Waals surface area contributed by atoms with Crippen molar-refractivity contribution in [1.29, 1.82) is 0 Å². The van der Waals surface area contributed by atoms with E-state index in [1.807, 2.05) is 0 Å². The van der Waals surface area contributed by atoms with Crippen LogP contribution in [0.25, 0.3) is 11.4 Å². The summed E-state index contributed by atoms with van der Waals surface area (Å²) in [5, 5.41) is 9.83. The standard InChI is InChI=1S/C16H18FN5O2S/c1-22(8-13(23)18-10-6-7-10)14(24)9-25-16-19-15(20-21-16)11-4-2-3-5-12(11)17/h2-5,10H,6-9H2,1H3,(H,18,23)(H,19,20,21). The number of thioether (sulfide) groups is 1. The van der Waals surface area contributed by atoms with Crippen LogP contribution in [0.5, 0.6) is 0 Å². The summed E-state index contributed by atoms with van der Waals surface area (Å²) in [5.41, 5.74) is 0.321. The predicted molar refractivity (Wildman–Crippen MR) is 91.3 cm³/mol. The number of rotatable bonds is 7. The Morgan fingerprint density at radius 2 is 2.16 bits per heavy atom. The second-order valence-corrected chi connectivity index (χ2v) is 6.77. The zero-order chi connectivity index (χ0) is 17.8. The van der Waals surface area contributed by atoms with E-state index >= 15 is 0 Å². The largest absolute Gasteiger partial charge is 0.352 e. The molecule has 9 heteroatoms. The van der Waals surface area contributed by atoms with Gasteiger partial charge in [0.05, 0.1) is 17.9 Å². The molecular formula is C16H18FN5O2S. The highest BCUT2D eigenvalue weighted by atomic mass is 32.2. The molecule has 0 spiro atoms. The molecule has 1 aliphatic carbocycles.